The maximum atomic E-state index is 11.5. The summed E-state index contributed by atoms with van der Waals surface area (Å²) in [5.74, 6) is 0.359. The Hall–Kier alpha value is -1.34. The number of carbonyl (C=O) groups excluding carboxylic acids is 1. The fraction of sp³-hybridized carbons (Fsp3) is 0.545. The molecule has 0 unspecified atom stereocenters. The van der Waals surface area contributed by atoms with Crippen LogP contribution in [0, 0.1) is 0 Å². The molecule has 0 bridgehead atoms. The summed E-state index contributed by atoms with van der Waals surface area (Å²) in [5.41, 5.74) is 0. The van der Waals surface area contributed by atoms with Gasteiger partial charge in [-0.05, 0) is 18.6 Å². The lowest BCUT2D eigenvalue weighted by Crippen LogP contribution is -2.24. The molecule has 102 valence electrons. The number of nitrogens with one attached hydrogen (secondary N) is 1. The number of hydrogen-bond acceptors (Lipinski definition) is 5. The molecule has 18 heavy (non-hydrogen) atoms. The molecule has 0 aliphatic carbocycles. The molecule has 6 nitrogen and oxygen atoms in total. The number of esters is 1. The van der Waals surface area contributed by atoms with Crippen LogP contribution in [0.2, 0.25) is 0 Å². The molecule has 0 radical (unpaired) electrons. The highest BCUT2D eigenvalue weighted by atomic mass is 32.2. The molecule has 0 spiro atoms. The molecular formula is C11H17NO5S. The molecule has 0 atom stereocenters. The standard InChI is InChI=1S/C11H17NO5S/c1-3-9-5-6-10(17-9)11(13)16-8-4-7-12-18(2,14)15/h5-6,12H,3-4,7-8H2,1-2H3. The first-order chi connectivity index (χ1) is 8.42. The summed E-state index contributed by atoms with van der Waals surface area (Å²) in [6.07, 6.45) is 2.21. The minimum atomic E-state index is -3.19. The third kappa shape index (κ3) is 5.33. The van der Waals surface area contributed by atoms with Gasteiger partial charge in [0.2, 0.25) is 15.8 Å². The van der Waals surface area contributed by atoms with Crippen molar-refractivity contribution in [3.05, 3.63) is 23.7 Å². The SMILES string of the molecule is CCc1ccc(C(=O)OCCCNS(C)(=O)=O)o1. The fourth-order valence-electron chi connectivity index (χ4n) is 1.24. The fourth-order valence-corrected chi connectivity index (χ4v) is 1.76. The highest BCUT2D eigenvalue weighted by molar-refractivity contribution is 7.88. The van der Waals surface area contributed by atoms with E-state index in [1.807, 2.05) is 6.92 Å². The van der Waals surface area contributed by atoms with Crippen LogP contribution in [0.4, 0.5) is 0 Å². The van der Waals surface area contributed by atoms with Crippen LogP contribution in [0.3, 0.4) is 0 Å². The Kier molecular flexibility index (Phi) is 5.36. The Bertz CT molecular complexity index is 491. The molecule has 0 fully saturated rings. The van der Waals surface area contributed by atoms with Crippen LogP contribution in [-0.2, 0) is 21.2 Å². The first-order valence-electron chi connectivity index (χ1n) is 5.63. The van der Waals surface area contributed by atoms with Gasteiger partial charge < -0.3 is 9.15 Å². The zero-order chi connectivity index (χ0) is 13.6. The zero-order valence-electron chi connectivity index (χ0n) is 10.4. The van der Waals surface area contributed by atoms with E-state index in [4.69, 9.17) is 9.15 Å². The Labute approximate surface area is 106 Å². The molecule has 0 saturated carbocycles. The average Bonchev–Trinajstić information content (AvgIpc) is 2.75. The highest BCUT2D eigenvalue weighted by Crippen LogP contribution is 2.09. The molecule has 0 aromatic carbocycles. The van der Waals surface area contributed by atoms with E-state index >= 15 is 0 Å². The van der Waals surface area contributed by atoms with E-state index in [9.17, 15) is 13.2 Å². The summed E-state index contributed by atoms with van der Waals surface area (Å²) in [7, 11) is -3.19. The van der Waals surface area contributed by atoms with Gasteiger partial charge in [0.05, 0.1) is 12.9 Å². The van der Waals surface area contributed by atoms with E-state index in [1.54, 1.807) is 12.1 Å². The Morgan fingerprint density at radius 2 is 2.17 bits per heavy atom. The summed E-state index contributed by atoms with van der Waals surface area (Å²) in [5, 5.41) is 0. The molecule has 1 aromatic rings. The van der Waals surface area contributed by atoms with Gasteiger partial charge >= 0.3 is 5.97 Å². The van der Waals surface area contributed by atoms with Crippen LogP contribution >= 0.6 is 0 Å². The predicted octanol–water partition coefficient (Wildman–Crippen LogP) is 0.938. The first kappa shape index (κ1) is 14.7. The summed E-state index contributed by atoms with van der Waals surface area (Å²) in [4.78, 5) is 11.5. The van der Waals surface area contributed by atoms with Gasteiger partial charge in [-0.1, -0.05) is 6.92 Å². The highest BCUT2D eigenvalue weighted by Gasteiger charge is 2.11. The molecule has 7 heteroatoms. The van der Waals surface area contributed by atoms with Crippen LogP contribution in [0.25, 0.3) is 0 Å². The van der Waals surface area contributed by atoms with Gasteiger partial charge in [-0.2, -0.15) is 0 Å². The summed E-state index contributed by atoms with van der Waals surface area (Å²) < 4.78 is 34.0. The maximum absolute atomic E-state index is 11.5. The molecule has 1 rings (SSSR count). The molecular weight excluding hydrogens is 258 g/mol. The largest absolute Gasteiger partial charge is 0.460 e. The number of furan rings is 1. The van der Waals surface area contributed by atoms with Gasteiger partial charge in [0.25, 0.3) is 0 Å². The van der Waals surface area contributed by atoms with Crippen molar-refractivity contribution in [2.24, 2.45) is 0 Å². The normalized spacial score (nSPS) is 11.4. The maximum Gasteiger partial charge on any atom is 0.374 e. The number of rotatable bonds is 7. The van der Waals surface area contributed by atoms with Crippen molar-refractivity contribution < 1.29 is 22.4 Å². The van der Waals surface area contributed by atoms with Crippen LogP contribution in [0.15, 0.2) is 16.5 Å². The second kappa shape index (κ2) is 6.55. The quantitative estimate of drug-likeness (QED) is 0.591. The third-order valence-electron chi connectivity index (χ3n) is 2.13. The van der Waals surface area contributed by atoms with Crippen molar-refractivity contribution in [1.82, 2.24) is 4.72 Å². The number of ether oxygens (including phenoxy) is 1. The number of sulfonamides is 1. The van der Waals surface area contributed by atoms with Crippen LogP contribution in [-0.4, -0.2) is 33.8 Å². The molecule has 0 amide bonds. The van der Waals surface area contributed by atoms with Crippen LogP contribution in [0.1, 0.15) is 29.7 Å². The van der Waals surface area contributed by atoms with E-state index in [0.29, 0.717) is 12.8 Å². The van der Waals surface area contributed by atoms with E-state index in [2.05, 4.69) is 4.72 Å². The molecule has 1 N–H and O–H groups in total. The summed E-state index contributed by atoms with van der Waals surface area (Å²) >= 11 is 0. The Morgan fingerprint density at radius 1 is 1.44 bits per heavy atom. The second-order valence-corrected chi connectivity index (χ2v) is 5.61. The second-order valence-electron chi connectivity index (χ2n) is 3.78. The van der Waals surface area contributed by atoms with Crippen molar-refractivity contribution in [2.75, 3.05) is 19.4 Å². The topological polar surface area (TPSA) is 85.6 Å². The number of carbonyl (C=O) groups is 1. The Balaban J connectivity index is 2.25. The lowest BCUT2D eigenvalue weighted by molar-refractivity contribution is 0.0464. The van der Waals surface area contributed by atoms with E-state index in [0.717, 1.165) is 12.0 Å². The number of aryl methyl sites for hydroxylation is 1. The van der Waals surface area contributed by atoms with Crippen LogP contribution < -0.4 is 4.72 Å². The van der Waals surface area contributed by atoms with Crippen molar-refractivity contribution in [3.8, 4) is 0 Å². The van der Waals surface area contributed by atoms with Gasteiger partial charge in [0.1, 0.15) is 5.76 Å². The van der Waals surface area contributed by atoms with Gasteiger partial charge in [-0.3, -0.25) is 0 Å². The molecule has 1 heterocycles. The van der Waals surface area contributed by atoms with Crippen LogP contribution in [0.5, 0.6) is 0 Å². The molecule has 0 aliphatic rings. The lowest BCUT2D eigenvalue weighted by Gasteiger charge is -2.03. The van der Waals surface area contributed by atoms with Crippen molar-refractivity contribution in [2.45, 2.75) is 19.8 Å². The van der Waals surface area contributed by atoms with Crippen molar-refractivity contribution in [1.29, 1.82) is 0 Å². The van der Waals surface area contributed by atoms with Crippen molar-refractivity contribution in [3.63, 3.8) is 0 Å². The third-order valence-corrected chi connectivity index (χ3v) is 2.86. The zero-order valence-corrected chi connectivity index (χ0v) is 11.2. The number of hydrogen-bond donors (Lipinski definition) is 1. The minimum absolute atomic E-state index is 0.142. The van der Waals surface area contributed by atoms with E-state index in [1.165, 1.54) is 0 Å². The molecule has 1 aromatic heterocycles. The average molecular weight is 275 g/mol. The van der Waals surface area contributed by atoms with E-state index in [-0.39, 0.29) is 18.9 Å². The van der Waals surface area contributed by atoms with Gasteiger partial charge in [0, 0.05) is 13.0 Å². The summed E-state index contributed by atoms with van der Waals surface area (Å²) in [6, 6.07) is 3.29. The molecule has 0 aliphatic heterocycles. The monoisotopic (exact) mass is 275 g/mol. The van der Waals surface area contributed by atoms with Crippen molar-refractivity contribution >= 4 is 16.0 Å². The molecule has 0 saturated heterocycles. The van der Waals surface area contributed by atoms with Gasteiger partial charge in [-0.25, -0.2) is 17.9 Å². The minimum Gasteiger partial charge on any atom is -0.460 e. The van der Waals surface area contributed by atoms with E-state index < -0.39 is 16.0 Å². The van der Waals surface area contributed by atoms with Gasteiger partial charge in [-0.15, -0.1) is 0 Å². The Morgan fingerprint density at radius 3 is 2.72 bits per heavy atom. The summed E-state index contributed by atoms with van der Waals surface area (Å²) in [6.45, 7) is 2.30. The first-order valence-corrected chi connectivity index (χ1v) is 7.52. The smallest absolute Gasteiger partial charge is 0.374 e. The predicted molar refractivity (Wildman–Crippen MR) is 65.8 cm³/mol. The lowest BCUT2D eigenvalue weighted by atomic mass is 10.3. The van der Waals surface area contributed by atoms with Gasteiger partial charge in [0.15, 0.2) is 0 Å².